The second-order valence-corrected chi connectivity index (χ2v) is 6.17. The van der Waals surface area contributed by atoms with E-state index < -0.39 is 11.7 Å². The third-order valence-corrected chi connectivity index (χ3v) is 4.01. The fourth-order valence-electron chi connectivity index (χ4n) is 2.34. The molecule has 0 saturated heterocycles. The second-order valence-electron chi connectivity index (χ2n) is 5.73. The molecule has 24 heavy (non-hydrogen) atoms. The van der Waals surface area contributed by atoms with E-state index in [9.17, 15) is 4.79 Å². The standard InChI is InChI=1S/C18H20ClN3O2/c1-11-8-13(19)5-4-12(11)10-21-16-9-14(22(2)3)6-7-15(16)17(20)18(23)24/h4-9,20-21H,10H2,1-3H3,(H,23,24). The lowest BCUT2D eigenvalue weighted by atomic mass is 10.1. The topological polar surface area (TPSA) is 76.4 Å². The van der Waals surface area contributed by atoms with E-state index in [0.29, 0.717) is 22.8 Å². The van der Waals surface area contributed by atoms with Crippen molar-refractivity contribution >= 4 is 34.7 Å². The maximum absolute atomic E-state index is 11.2. The summed E-state index contributed by atoms with van der Waals surface area (Å²) in [6.07, 6.45) is 0. The number of anilines is 2. The lowest BCUT2D eigenvalue weighted by Gasteiger charge is -2.18. The van der Waals surface area contributed by atoms with Crippen molar-refractivity contribution in [1.82, 2.24) is 0 Å². The van der Waals surface area contributed by atoms with Crippen LogP contribution in [0.3, 0.4) is 0 Å². The molecule has 0 fully saturated rings. The lowest BCUT2D eigenvalue weighted by Crippen LogP contribution is -2.17. The summed E-state index contributed by atoms with van der Waals surface area (Å²) in [4.78, 5) is 13.1. The highest BCUT2D eigenvalue weighted by Gasteiger charge is 2.15. The molecule has 0 bridgehead atoms. The average molecular weight is 346 g/mol. The minimum Gasteiger partial charge on any atom is -0.477 e. The summed E-state index contributed by atoms with van der Waals surface area (Å²) in [5.74, 6) is -1.25. The predicted molar refractivity (Wildman–Crippen MR) is 98.7 cm³/mol. The Morgan fingerprint density at radius 1 is 1.25 bits per heavy atom. The van der Waals surface area contributed by atoms with Gasteiger partial charge in [0.25, 0.3) is 0 Å². The SMILES string of the molecule is Cc1cc(Cl)ccc1CNc1cc(N(C)C)ccc1C(=N)C(=O)O. The summed E-state index contributed by atoms with van der Waals surface area (Å²) >= 11 is 5.97. The van der Waals surface area contributed by atoms with Gasteiger partial charge in [-0.1, -0.05) is 17.7 Å². The van der Waals surface area contributed by atoms with E-state index in [1.54, 1.807) is 12.1 Å². The molecule has 0 atom stereocenters. The van der Waals surface area contributed by atoms with Crippen molar-refractivity contribution in [2.24, 2.45) is 0 Å². The summed E-state index contributed by atoms with van der Waals surface area (Å²) in [5, 5.41) is 20.8. The highest BCUT2D eigenvalue weighted by Crippen LogP contribution is 2.25. The van der Waals surface area contributed by atoms with Crippen molar-refractivity contribution in [3.05, 3.63) is 58.1 Å². The Morgan fingerprint density at radius 2 is 1.96 bits per heavy atom. The number of hydrogen-bond donors (Lipinski definition) is 3. The normalized spacial score (nSPS) is 10.3. The number of nitrogens with one attached hydrogen (secondary N) is 2. The van der Waals surface area contributed by atoms with Gasteiger partial charge in [-0.2, -0.15) is 0 Å². The van der Waals surface area contributed by atoms with Gasteiger partial charge >= 0.3 is 5.97 Å². The van der Waals surface area contributed by atoms with Crippen molar-refractivity contribution in [3.8, 4) is 0 Å². The van der Waals surface area contributed by atoms with E-state index in [4.69, 9.17) is 22.1 Å². The molecule has 0 aromatic heterocycles. The second kappa shape index (κ2) is 7.36. The number of carboxylic acid groups (broad SMARTS) is 1. The zero-order chi connectivity index (χ0) is 17.9. The quantitative estimate of drug-likeness (QED) is 0.696. The Labute approximate surface area is 146 Å². The third-order valence-electron chi connectivity index (χ3n) is 3.78. The first-order valence-corrected chi connectivity index (χ1v) is 7.80. The number of nitrogens with zero attached hydrogens (tertiary/aromatic N) is 1. The minimum atomic E-state index is -1.25. The Balaban J connectivity index is 2.33. The molecule has 6 heteroatoms. The first-order chi connectivity index (χ1) is 11.3. The molecule has 2 aromatic rings. The van der Waals surface area contributed by atoms with Crippen molar-refractivity contribution in [1.29, 1.82) is 5.41 Å². The van der Waals surface area contributed by atoms with E-state index in [-0.39, 0.29) is 0 Å². The van der Waals surface area contributed by atoms with Crippen LogP contribution in [0.25, 0.3) is 0 Å². The highest BCUT2D eigenvalue weighted by molar-refractivity contribution is 6.42. The third kappa shape index (κ3) is 4.06. The van der Waals surface area contributed by atoms with Gasteiger partial charge in [0.1, 0.15) is 5.71 Å². The largest absolute Gasteiger partial charge is 0.477 e. The van der Waals surface area contributed by atoms with E-state index in [0.717, 1.165) is 16.8 Å². The number of aryl methyl sites for hydroxylation is 1. The van der Waals surface area contributed by atoms with Gasteiger partial charge in [-0.15, -0.1) is 0 Å². The number of carboxylic acids is 1. The number of rotatable bonds is 6. The molecular formula is C18H20ClN3O2. The molecule has 0 unspecified atom stereocenters. The zero-order valence-corrected chi connectivity index (χ0v) is 14.6. The van der Waals surface area contributed by atoms with Gasteiger partial charge in [0, 0.05) is 42.6 Å². The smallest absolute Gasteiger partial charge is 0.354 e. The van der Waals surface area contributed by atoms with Crippen molar-refractivity contribution in [2.45, 2.75) is 13.5 Å². The van der Waals surface area contributed by atoms with E-state index in [1.807, 2.05) is 50.2 Å². The Morgan fingerprint density at radius 3 is 2.54 bits per heavy atom. The molecule has 0 aliphatic rings. The molecule has 2 rings (SSSR count). The molecule has 0 spiro atoms. The van der Waals surface area contributed by atoms with E-state index >= 15 is 0 Å². The first-order valence-electron chi connectivity index (χ1n) is 7.42. The van der Waals surface area contributed by atoms with Gasteiger partial charge in [0.15, 0.2) is 0 Å². The maximum atomic E-state index is 11.2. The lowest BCUT2D eigenvalue weighted by molar-refractivity contribution is -0.129. The van der Waals surface area contributed by atoms with Crippen LogP contribution in [0.4, 0.5) is 11.4 Å². The van der Waals surface area contributed by atoms with Crippen LogP contribution in [0.5, 0.6) is 0 Å². The van der Waals surface area contributed by atoms with Crippen molar-refractivity contribution in [3.63, 3.8) is 0 Å². The fourth-order valence-corrected chi connectivity index (χ4v) is 2.56. The van der Waals surface area contributed by atoms with Gasteiger partial charge in [-0.05, 0) is 48.4 Å². The number of halogens is 1. The molecule has 0 aliphatic heterocycles. The number of benzene rings is 2. The first kappa shape index (κ1) is 17.8. The van der Waals surface area contributed by atoms with Crippen LogP contribution in [0.2, 0.25) is 5.02 Å². The van der Waals surface area contributed by atoms with Gasteiger partial charge in [0.05, 0.1) is 0 Å². The molecule has 0 saturated carbocycles. The van der Waals surface area contributed by atoms with Crippen LogP contribution < -0.4 is 10.2 Å². The highest BCUT2D eigenvalue weighted by atomic mass is 35.5. The van der Waals surface area contributed by atoms with Gasteiger partial charge in [-0.25, -0.2) is 4.79 Å². The predicted octanol–water partition coefficient (Wildman–Crippen LogP) is 3.78. The summed E-state index contributed by atoms with van der Waals surface area (Å²) < 4.78 is 0. The molecule has 0 aliphatic carbocycles. The number of aliphatic carboxylic acids is 1. The fraction of sp³-hybridized carbons (Fsp3) is 0.222. The van der Waals surface area contributed by atoms with Crippen molar-refractivity contribution in [2.75, 3.05) is 24.3 Å². The van der Waals surface area contributed by atoms with Gasteiger partial charge < -0.3 is 15.3 Å². The number of hydrogen-bond acceptors (Lipinski definition) is 4. The Bertz CT molecular complexity index is 788. The average Bonchev–Trinajstić information content (AvgIpc) is 2.53. The van der Waals surface area contributed by atoms with E-state index in [2.05, 4.69) is 5.32 Å². The molecule has 0 heterocycles. The molecule has 2 aromatic carbocycles. The zero-order valence-electron chi connectivity index (χ0n) is 13.9. The minimum absolute atomic E-state index is 0.361. The summed E-state index contributed by atoms with van der Waals surface area (Å²) in [7, 11) is 3.81. The molecule has 126 valence electrons. The molecule has 0 amide bonds. The molecule has 5 nitrogen and oxygen atoms in total. The summed E-state index contributed by atoms with van der Waals surface area (Å²) in [5.41, 5.74) is 3.57. The van der Waals surface area contributed by atoms with Crippen LogP contribution in [0, 0.1) is 12.3 Å². The monoisotopic (exact) mass is 345 g/mol. The van der Waals surface area contributed by atoms with Crippen LogP contribution in [-0.2, 0) is 11.3 Å². The van der Waals surface area contributed by atoms with Gasteiger partial charge in [-0.3, -0.25) is 5.41 Å². The van der Waals surface area contributed by atoms with Crippen molar-refractivity contribution < 1.29 is 9.90 Å². The molecule has 0 radical (unpaired) electrons. The van der Waals surface area contributed by atoms with Crippen LogP contribution in [-0.4, -0.2) is 30.9 Å². The van der Waals surface area contributed by atoms with Crippen LogP contribution in [0.1, 0.15) is 16.7 Å². The molecular weight excluding hydrogens is 326 g/mol. The van der Waals surface area contributed by atoms with Crippen LogP contribution in [0.15, 0.2) is 36.4 Å². The maximum Gasteiger partial charge on any atom is 0.354 e. The Kier molecular flexibility index (Phi) is 5.46. The molecule has 3 N–H and O–H groups in total. The van der Waals surface area contributed by atoms with Gasteiger partial charge in [0.2, 0.25) is 0 Å². The summed E-state index contributed by atoms with van der Waals surface area (Å²) in [6, 6.07) is 10.9. The number of carbonyl (C=O) groups is 1. The summed E-state index contributed by atoms with van der Waals surface area (Å²) in [6.45, 7) is 2.49. The van der Waals surface area contributed by atoms with E-state index in [1.165, 1.54) is 0 Å². The van der Waals surface area contributed by atoms with Crippen LogP contribution >= 0.6 is 11.6 Å². The Hall–Kier alpha value is -2.53.